The third kappa shape index (κ3) is 10.1. The molecule has 0 N–H and O–H groups in total. The fourth-order valence-corrected chi connectivity index (χ4v) is 7.48. The largest absolute Gasteiger partial charge is 3.00 e. The Morgan fingerprint density at radius 2 is 1.07 bits per heavy atom. The zero-order chi connectivity index (χ0) is 40.4. The molecule has 4 heterocycles. The van der Waals surface area contributed by atoms with E-state index in [4.69, 9.17) is 4.74 Å². The first-order chi connectivity index (χ1) is 29.7. The number of aryl methyl sites for hydroxylation is 4. The molecule has 0 radical (unpaired) electrons. The van der Waals surface area contributed by atoms with E-state index < -0.39 is 0 Å². The van der Waals surface area contributed by atoms with Crippen LogP contribution < -0.4 is 4.74 Å². The van der Waals surface area contributed by atoms with Gasteiger partial charge in [0.25, 0.3) is 0 Å². The van der Waals surface area contributed by atoms with Crippen molar-refractivity contribution in [3.8, 4) is 39.8 Å². The number of ether oxygens (including phenoxy) is 1. The van der Waals surface area contributed by atoms with Crippen molar-refractivity contribution in [2.75, 3.05) is 0 Å². The Labute approximate surface area is 370 Å². The number of hydrogen-bond donors (Lipinski definition) is 0. The van der Waals surface area contributed by atoms with E-state index >= 15 is 0 Å². The van der Waals surface area contributed by atoms with E-state index in [9.17, 15) is 0 Å². The maximum Gasteiger partial charge on any atom is 3.00 e. The molecule has 6 aromatic carbocycles. The molecule has 6 heteroatoms. The van der Waals surface area contributed by atoms with Crippen LogP contribution in [0.4, 0.5) is 0 Å². The Bertz CT molecular complexity index is 2790. The number of hydrogen-bond acceptors (Lipinski definition) is 4. The van der Waals surface area contributed by atoms with Gasteiger partial charge in [-0.05, 0) is 108 Å². The van der Waals surface area contributed by atoms with Gasteiger partial charge in [-0.25, -0.2) is 4.98 Å². The second-order valence-electron chi connectivity index (χ2n) is 14.5. The van der Waals surface area contributed by atoms with E-state index in [-0.39, 0.29) is 20.1 Å². The van der Waals surface area contributed by atoms with Crippen LogP contribution in [0.1, 0.15) is 22.3 Å². The standard InChI is InChI=1S/C38H30N2O.C17H11N2.Ir/c1-2-12-33(13-3-1)38-28-32(22-24-40-38)21-20-31-11-8-16-36(27-31)41-35-15-7-10-30(26-35)19-18-29-9-6-14-34(25-29)37-17-4-5-23-39-37;1-3-9-15-13(7-1)14-8-2-4-10-16(14)19(15)17-11-5-6-12-18-17;/h1-12,15-17,22-28H,18-21H2;1-9,11-12H;/q-2;-1;+3. The summed E-state index contributed by atoms with van der Waals surface area (Å²) in [7, 11) is 0. The normalized spacial score (nSPS) is 10.8. The van der Waals surface area contributed by atoms with E-state index in [0.29, 0.717) is 0 Å². The predicted octanol–water partition coefficient (Wildman–Crippen LogP) is 12.8. The first kappa shape index (κ1) is 40.8. The molecule has 296 valence electrons. The molecular formula is C55H41IrN4O. The molecule has 0 spiro atoms. The number of aromatic nitrogens is 4. The molecule has 10 rings (SSSR count). The minimum absolute atomic E-state index is 0. The summed E-state index contributed by atoms with van der Waals surface area (Å²) in [6, 6.07) is 71.6. The van der Waals surface area contributed by atoms with Crippen LogP contribution in [0.25, 0.3) is 50.1 Å². The topological polar surface area (TPSA) is 52.8 Å². The molecule has 0 saturated carbocycles. The number of pyridine rings is 3. The van der Waals surface area contributed by atoms with Crippen molar-refractivity contribution < 1.29 is 24.8 Å². The average Bonchev–Trinajstić information content (AvgIpc) is 3.66. The summed E-state index contributed by atoms with van der Waals surface area (Å²) in [6.07, 6.45) is 9.24. The van der Waals surface area contributed by atoms with Gasteiger partial charge in [-0.3, -0.25) is 0 Å². The van der Waals surface area contributed by atoms with Crippen LogP contribution in [-0.2, 0) is 45.8 Å². The van der Waals surface area contributed by atoms with Gasteiger partial charge in [0, 0.05) is 24.1 Å². The summed E-state index contributed by atoms with van der Waals surface area (Å²) in [6.45, 7) is 0. The Morgan fingerprint density at radius 3 is 1.79 bits per heavy atom. The van der Waals surface area contributed by atoms with Gasteiger partial charge >= 0.3 is 20.1 Å². The molecule has 0 bridgehead atoms. The van der Waals surface area contributed by atoms with Crippen molar-refractivity contribution in [3.63, 3.8) is 0 Å². The quantitative estimate of drug-likeness (QED) is 0.121. The minimum atomic E-state index is 0. The van der Waals surface area contributed by atoms with Crippen molar-refractivity contribution in [1.82, 2.24) is 19.5 Å². The van der Waals surface area contributed by atoms with Gasteiger partial charge in [0.05, 0.1) is 0 Å². The van der Waals surface area contributed by atoms with Gasteiger partial charge in [0.15, 0.2) is 0 Å². The number of nitrogens with zero attached hydrogens (tertiary/aromatic N) is 4. The maximum atomic E-state index is 6.29. The van der Waals surface area contributed by atoms with Gasteiger partial charge in [-0.2, -0.15) is 24.3 Å². The summed E-state index contributed by atoms with van der Waals surface area (Å²) in [5, 5.41) is 2.45. The van der Waals surface area contributed by atoms with Crippen LogP contribution in [0.5, 0.6) is 11.5 Å². The van der Waals surface area contributed by atoms with Crippen LogP contribution in [0.15, 0.2) is 201 Å². The van der Waals surface area contributed by atoms with Crippen LogP contribution in [0.3, 0.4) is 0 Å². The Morgan fingerprint density at radius 1 is 0.426 bits per heavy atom. The van der Waals surface area contributed by atoms with Crippen molar-refractivity contribution in [1.29, 1.82) is 0 Å². The van der Waals surface area contributed by atoms with Gasteiger partial charge in [0.1, 0.15) is 17.3 Å². The molecule has 0 atom stereocenters. The molecule has 10 aromatic rings. The fraction of sp³-hybridized carbons (Fsp3) is 0.0727. The molecule has 0 aliphatic carbocycles. The second-order valence-corrected chi connectivity index (χ2v) is 14.5. The fourth-order valence-electron chi connectivity index (χ4n) is 7.48. The first-order valence-electron chi connectivity index (χ1n) is 20.2. The third-order valence-electron chi connectivity index (χ3n) is 10.4. The van der Waals surface area contributed by atoms with Crippen molar-refractivity contribution in [2.24, 2.45) is 0 Å². The van der Waals surface area contributed by atoms with Crippen molar-refractivity contribution in [3.05, 3.63) is 241 Å². The van der Waals surface area contributed by atoms with Crippen LogP contribution in [0, 0.1) is 18.2 Å². The molecule has 0 saturated heterocycles. The smallest absolute Gasteiger partial charge is 0.457 e. The molecule has 4 aromatic heterocycles. The van der Waals surface area contributed by atoms with Crippen LogP contribution in [-0.4, -0.2) is 19.5 Å². The predicted molar refractivity (Wildman–Crippen MR) is 242 cm³/mol. The third-order valence-corrected chi connectivity index (χ3v) is 10.4. The number of rotatable bonds is 11. The maximum absolute atomic E-state index is 6.29. The minimum Gasteiger partial charge on any atom is -0.457 e. The first-order valence-corrected chi connectivity index (χ1v) is 20.2. The van der Waals surface area contributed by atoms with E-state index in [2.05, 4.69) is 129 Å². The second kappa shape index (κ2) is 19.8. The van der Waals surface area contributed by atoms with Gasteiger partial charge in [0.2, 0.25) is 0 Å². The summed E-state index contributed by atoms with van der Waals surface area (Å²) >= 11 is 0. The Kier molecular flexibility index (Phi) is 13.3. The number of benzene rings is 6. The van der Waals surface area contributed by atoms with Crippen molar-refractivity contribution >= 4 is 21.8 Å². The van der Waals surface area contributed by atoms with E-state index in [1.54, 1.807) is 0 Å². The number of fused-ring (bicyclic) bond motifs is 3. The summed E-state index contributed by atoms with van der Waals surface area (Å²) in [4.78, 5) is 13.4. The van der Waals surface area contributed by atoms with E-state index in [1.165, 1.54) is 38.5 Å². The average molecular weight is 966 g/mol. The molecule has 0 aliphatic rings. The molecule has 61 heavy (non-hydrogen) atoms. The van der Waals surface area contributed by atoms with E-state index in [0.717, 1.165) is 71.0 Å². The SMILES string of the molecule is [Ir+3].[c-]1cccc2c3ccccc3n(-c3ccccn3)c12.[c-]1ccccc1-c1cc(CCc2cccc(Oc3cccc(CCc4cc[c-]c(-c5ccccn5)c4)c3)c2)ccn1. The molecule has 0 amide bonds. The molecule has 0 fully saturated rings. The van der Waals surface area contributed by atoms with Gasteiger partial charge in [-0.1, -0.05) is 77.8 Å². The summed E-state index contributed by atoms with van der Waals surface area (Å²) < 4.78 is 8.45. The van der Waals surface area contributed by atoms with Crippen LogP contribution in [0.2, 0.25) is 0 Å². The zero-order valence-corrected chi connectivity index (χ0v) is 35.8. The molecule has 0 aliphatic heterocycles. The van der Waals surface area contributed by atoms with Gasteiger partial charge in [-0.15, -0.1) is 76.7 Å². The Balaban J connectivity index is 0.000000213. The summed E-state index contributed by atoms with van der Waals surface area (Å²) in [5.74, 6) is 2.64. The molecular weight excluding hydrogens is 925 g/mol. The van der Waals surface area contributed by atoms with Gasteiger partial charge < -0.3 is 19.3 Å². The zero-order valence-electron chi connectivity index (χ0n) is 33.4. The summed E-state index contributed by atoms with van der Waals surface area (Å²) in [5.41, 5.74) is 11.2. The van der Waals surface area contributed by atoms with E-state index in [1.807, 2.05) is 110 Å². The Hall–Kier alpha value is -6.98. The molecule has 0 unspecified atom stereocenters. The van der Waals surface area contributed by atoms with Crippen LogP contribution >= 0.6 is 0 Å². The molecule has 5 nitrogen and oxygen atoms in total. The number of para-hydroxylation sites is 2. The monoisotopic (exact) mass is 966 g/mol. The van der Waals surface area contributed by atoms with Crippen molar-refractivity contribution in [2.45, 2.75) is 25.7 Å².